The lowest BCUT2D eigenvalue weighted by Gasteiger charge is -2.33. The zero-order valence-corrected chi connectivity index (χ0v) is 24.2. The molecular weight excluding hydrogens is 534 g/mol. The van der Waals surface area contributed by atoms with Crippen LogP contribution >= 0.6 is 0 Å². The average Bonchev–Trinajstić information content (AvgIpc) is 3.40. The minimum absolute atomic E-state index is 0.0117. The Bertz CT molecular complexity index is 1210. The van der Waals surface area contributed by atoms with Gasteiger partial charge in [0.2, 0.25) is 0 Å². The normalized spacial score (nSPS) is 18.2. The highest BCUT2D eigenvalue weighted by Crippen LogP contribution is 2.21. The number of aliphatic hydroxyl groups is 1. The fourth-order valence-electron chi connectivity index (χ4n) is 4.27. The van der Waals surface area contributed by atoms with Crippen molar-refractivity contribution in [2.75, 3.05) is 38.6 Å². The Morgan fingerprint density at radius 3 is 2.42 bits per heavy atom. The summed E-state index contributed by atoms with van der Waals surface area (Å²) in [5.74, 6) is 4.60. The fraction of sp³-hybridized carbons (Fsp3) is 0.483. The van der Waals surface area contributed by atoms with Crippen LogP contribution in [0, 0.1) is 5.92 Å². The van der Waals surface area contributed by atoms with Crippen LogP contribution in [0.3, 0.4) is 0 Å². The summed E-state index contributed by atoms with van der Waals surface area (Å²) in [4.78, 5) is 24.5. The van der Waals surface area contributed by atoms with Gasteiger partial charge in [-0.15, -0.1) is 0 Å². The number of ketones is 1. The van der Waals surface area contributed by atoms with Crippen molar-refractivity contribution in [2.45, 2.75) is 56.8 Å². The number of nitrogen functional groups attached to an aromatic ring is 1. The number of Topliss-reactive ketones (excluding diaryl/α,β-unsaturated/α-hetero) is 1. The summed E-state index contributed by atoms with van der Waals surface area (Å²) in [7, 11) is -2.97. The molecule has 3 rings (SSSR count). The van der Waals surface area contributed by atoms with Gasteiger partial charge in [0, 0.05) is 30.1 Å². The van der Waals surface area contributed by atoms with Crippen LogP contribution in [0.2, 0.25) is 0 Å². The standard InChI is InChI=1S/C29H41N3O7S/c1-20(2)16-32(40(4,36)26-11-7-23(30)8-12-26)17-28(34)27(31-29(35)39-25-13-14-37-19-25)15-22-5-9-24(10-6-22)38-18-21(3)33/h5-12,20,25,27-28,34H,4,13-19,30H2,1-3H3,(H,31,35)/t25-,27-,28+,40?/m0/s1. The van der Waals surface area contributed by atoms with Crippen molar-refractivity contribution in [3.8, 4) is 5.75 Å². The third-order valence-electron chi connectivity index (χ3n) is 6.38. The molecule has 0 aliphatic carbocycles. The number of nitrogens with two attached hydrogens (primary N) is 1. The van der Waals surface area contributed by atoms with Gasteiger partial charge in [-0.05, 0) is 67.1 Å². The number of amides is 1. The van der Waals surface area contributed by atoms with Crippen molar-refractivity contribution in [3.63, 3.8) is 0 Å². The number of carbonyl (C=O) groups excluding carboxylic acids is 2. The highest BCUT2D eigenvalue weighted by atomic mass is 32.2. The number of alkyl carbamates (subject to hydrolysis) is 1. The second-order valence-electron chi connectivity index (χ2n) is 10.5. The van der Waals surface area contributed by atoms with Crippen LogP contribution in [-0.2, 0) is 30.4 Å². The quantitative estimate of drug-likeness (QED) is 0.231. The number of hydrogen-bond acceptors (Lipinski definition) is 8. The minimum Gasteiger partial charge on any atom is -0.486 e. The Morgan fingerprint density at radius 1 is 1.18 bits per heavy atom. The van der Waals surface area contributed by atoms with Gasteiger partial charge in [-0.3, -0.25) is 4.79 Å². The Morgan fingerprint density at radius 2 is 1.85 bits per heavy atom. The zero-order chi connectivity index (χ0) is 29.3. The smallest absolute Gasteiger partial charge is 0.407 e. The Labute approximate surface area is 236 Å². The second kappa shape index (κ2) is 14.5. The van der Waals surface area contributed by atoms with E-state index in [0.717, 1.165) is 5.56 Å². The summed E-state index contributed by atoms with van der Waals surface area (Å²) in [5.41, 5.74) is 7.17. The van der Waals surface area contributed by atoms with Crippen LogP contribution in [0.25, 0.3) is 0 Å². The maximum absolute atomic E-state index is 13.9. The molecule has 1 heterocycles. The lowest BCUT2D eigenvalue weighted by Crippen LogP contribution is -2.51. The molecule has 0 radical (unpaired) electrons. The number of rotatable bonds is 14. The number of benzene rings is 2. The van der Waals surface area contributed by atoms with Gasteiger partial charge in [-0.2, -0.15) is 0 Å². The molecule has 0 saturated carbocycles. The van der Waals surface area contributed by atoms with E-state index in [2.05, 4.69) is 11.2 Å². The predicted molar refractivity (Wildman–Crippen MR) is 156 cm³/mol. The summed E-state index contributed by atoms with van der Waals surface area (Å²) in [6, 6.07) is 13.0. The number of hydrogen-bond donors (Lipinski definition) is 3. The SMILES string of the molecule is C=S(=O)(c1ccc(N)cc1)N(CC(C)C)C[C@@H](O)[C@H](Cc1ccc(OCC(C)=O)cc1)NC(=O)O[C@H]1CCOC1. The van der Waals surface area contributed by atoms with Crippen molar-refractivity contribution in [1.29, 1.82) is 0 Å². The molecule has 2 aromatic carbocycles. The molecule has 1 aliphatic heterocycles. The predicted octanol–water partition coefficient (Wildman–Crippen LogP) is 2.67. The van der Waals surface area contributed by atoms with Gasteiger partial charge in [-0.1, -0.05) is 26.0 Å². The maximum atomic E-state index is 13.9. The first-order chi connectivity index (χ1) is 18.9. The van der Waals surface area contributed by atoms with Gasteiger partial charge in [0.25, 0.3) is 0 Å². The fourth-order valence-corrected chi connectivity index (χ4v) is 6.07. The lowest BCUT2D eigenvalue weighted by molar-refractivity contribution is -0.118. The molecular formula is C29H41N3O7S. The van der Waals surface area contributed by atoms with E-state index in [-0.39, 0.29) is 37.4 Å². The second-order valence-corrected chi connectivity index (χ2v) is 12.8. The minimum atomic E-state index is -2.97. The van der Waals surface area contributed by atoms with E-state index in [4.69, 9.17) is 19.9 Å². The molecule has 220 valence electrons. The topological polar surface area (TPSA) is 140 Å². The van der Waals surface area contributed by atoms with Crippen LogP contribution in [0.4, 0.5) is 10.5 Å². The van der Waals surface area contributed by atoms with E-state index < -0.39 is 27.9 Å². The molecule has 40 heavy (non-hydrogen) atoms. The van der Waals surface area contributed by atoms with Crippen LogP contribution in [0.1, 0.15) is 32.8 Å². The first-order valence-corrected chi connectivity index (χ1v) is 15.0. The summed E-state index contributed by atoms with van der Waals surface area (Å²) in [6.45, 7) is 6.65. The summed E-state index contributed by atoms with van der Waals surface area (Å²) < 4.78 is 31.8. The van der Waals surface area contributed by atoms with E-state index in [0.29, 0.717) is 42.5 Å². The highest BCUT2D eigenvalue weighted by molar-refractivity contribution is 7.98. The third-order valence-corrected chi connectivity index (χ3v) is 8.52. The number of nitrogens with one attached hydrogen (secondary N) is 1. The number of aliphatic hydroxyl groups excluding tert-OH is 1. The molecule has 4 N–H and O–H groups in total. The van der Waals surface area contributed by atoms with Crippen LogP contribution < -0.4 is 15.8 Å². The first kappa shape index (κ1) is 31.4. The number of anilines is 1. The van der Waals surface area contributed by atoms with Crippen molar-refractivity contribution < 1.29 is 33.1 Å². The van der Waals surface area contributed by atoms with Crippen molar-refractivity contribution in [1.82, 2.24) is 9.62 Å². The van der Waals surface area contributed by atoms with Gasteiger partial charge in [0.15, 0.2) is 5.78 Å². The Kier molecular flexibility index (Phi) is 11.4. The van der Waals surface area contributed by atoms with E-state index in [1.807, 2.05) is 13.8 Å². The molecule has 4 atom stereocenters. The Balaban J connectivity index is 1.80. The average molecular weight is 576 g/mol. The van der Waals surface area contributed by atoms with Gasteiger partial charge in [0.1, 0.15) is 18.5 Å². The van der Waals surface area contributed by atoms with E-state index >= 15 is 0 Å². The van der Waals surface area contributed by atoms with E-state index in [1.165, 1.54) is 6.92 Å². The van der Waals surface area contributed by atoms with Crippen LogP contribution in [-0.4, -0.2) is 82.5 Å². The molecule has 1 fully saturated rings. The van der Waals surface area contributed by atoms with Crippen molar-refractivity contribution in [2.24, 2.45) is 5.92 Å². The summed E-state index contributed by atoms with van der Waals surface area (Å²) in [6.07, 6.45) is -1.26. The zero-order valence-electron chi connectivity index (χ0n) is 23.4. The molecule has 0 spiro atoms. The largest absolute Gasteiger partial charge is 0.486 e. The van der Waals surface area contributed by atoms with Gasteiger partial charge in [-0.25, -0.2) is 13.3 Å². The lowest BCUT2D eigenvalue weighted by atomic mass is 10.0. The molecule has 1 aliphatic rings. The van der Waals surface area contributed by atoms with E-state index in [9.17, 15) is 18.9 Å². The molecule has 2 aromatic rings. The highest BCUT2D eigenvalue weighted by Gasteiger charge is 2.30. The summed E-state index contributed by atoms with van der Waals surface area (Å²) >= 11 is 0. The van der Waals surface area contributed by atoms with Crippen LogP contribution in [0.5, 0.6) is 5.75 Å². The van der Waals surface area contributed by atoms with Gasteiger partial charge >= 0.3 is 6.09 Å². The van der Waals surface area contributed by atoms with Crippen molar-refractivity contribution >= 4 is 33.1 Å². The number of carbonyl (C=O) groups is 2. The molecule has 10 nitrogen and oxygen atoms in total. The third kappa shape index (κ3) is 9.51. The number of nitrogens with zero attached hydrogens (tertiary/aromatic N) is 1. The monoisotopic (exact) mass is 575 g/mol. The molecule has 1 amide bonds. The maximum Gasteiger partial charge on any atom is 0.407 e. The summed E-state index contributed by atoms with van der Waals surface area (Å²) in [5, 5.41) is 14.3. The first-order valence-electron chi connectivity index (χ1n) is 13.4. The molecule has 0 bridgehead atoms. The molecule has 1 unspecified atom stereocenters. The molecule has 1 saturated heterocycles. The van der Waals surface area contributed by atoms with Crippen molar-refractivity contribution in [3.05, 3.63) is 54.1 Å². The van der Waals surface area contributed by atoms with Crippen LogP contribution in [0.15, 0.2) is 53.4 Å². The van der Waals surface area contributed by atoms with E-state index in [1.54, 1.807) is 52.8 Å². The molecule has 11 heteroatoms. The molecule has 0 aromatic heterocycles. The number of ether oxygens (including phenoxy) is 3. The van der Waals surface area contributed by atoms with Gasteiger partial charge in [0.05, 0.1) is 35.1 Å². The Hall–Kier alpha value is -3.12. The van der Waals surface area contributed by atoms with Gasteiger partial charge < -0.3 is 30.4 Å².